The fourth-order valence-corrected chi connectivity index (χ4v) is 3.64. The molecule has 1 aromatic carbocycles. The molecule has 0 aliphatic carbocycles. The second-order valence-electron chi connectivity index (χ2n) is 7.26. The van der Waals surface area contributed by atoms with Gasteiger partial charge in [0.25, 0.3) is 11.8 Å². The van der Waals surface area contributed by atoms with E-state index in [4.69, 9.17) is 13.7 Å². The van der Waals surface area contributed by atoms with Gasteiger partial charge in [-0.3, -0.25) is 9.78 Å². The number of nitrogens with zero attached hydrogens (tertiary/aromatic N) is 4. The van der Waals surface area contributed by atoms with Crippen LogP contribution in [0, 0.1) is 0 Å². The summed E-state index contributed by atoms with van der Waals surface area (Å²) in [6.45, 7) is 0.0776. The zero-order chi connectivity index (χ0) is 21.9. The molecule has 1 aliphatic rings. The van der Waals surface area contributed by atoms with Gasteiger partial charge in [-0.25, -0.2) is 4.79 Å². The van der Waals surface area contributed by atoms with E-state index >= 15 is 0 Å². The zero-order valence-corrected chi connectivity index (χ0v) is 16.9. The van der Waals surface area contributed by atoms with Crippen molar-refractivity contribution < 1.29 is 23.3 Å². The molecule has 4 heterocycles. The van der Waals surface area contributed by atoms with Crippen LogP contribution in [-0.4, -0.2) is 37.9 Å². The van der Waals surface area contributed by atoms with Gasteiger partial charge in [0.05, 0.1) is 6.26 Å². The normalized spacial score (nSPS) is 15.2. The summed E-state index contributed by atoms with van der Waals surface area (Å²) >= 11 is 0. The molecule has 0 radical (unpaired) electrons. The van der Waals surface area contributed by atoms with Crippen molar-refractivity contribution in [3.63, 3.8) is 0 Å². The minimum Gasteiger partial charge on any atom is -0.459 e. The summed E-state index contributed by atoms with van der Waals surface area (Å²) < 4.78 is 15.9. The molecular weight excluding hydrogens is 412 g/mol. The number of esters is 1. The average molecular weight is 430 g/mol. The van der Waals surface area contributed by atoms with Crippen LogP contribution in [0.15, 0.2) is 76.1 Å². The highest BCUT2D eigenvalue weighted by Gasteiger charge is 2.37. The maximum absolute atomic E-state index is 13.0. The van der Waals surface area contributed by atoms with Crippen molar-refractivity contribution in [3.8, 4) is 11.4 Å². The van der Waals surface area contributed by atoms with Gasteiger partial charge in [0.1, 0.15) is 6.04 Å². The first-order valence-corrected chi connectivity index (χ1v) is 10.00. The van der Waals surface area contributed by atoms with Gasteiger partial charge in [-0.05, 0) is 35.4 Å². The Labute approximate surface area is 182 Å². The summed E-state index contributed by atoms with van der Waals surface area (Å²) in [6.07, 6.45) is 5.02. The Bertz CT molecular complexity index is 1240. The molecule has 1 amide bonds. The van der Waals surface area contributed by atoms with Crippen molar-refractivity contribution in [1.29, 1.82) is 0 Å². The van der Waals surface area contributed by atoms with E-state index in [2.05, 4.69) is 15.1 Å². The van der Waals surface area contributed by atoms with Crippen molar-refractivity contribution in [2.45, 2.75) is 25.6 Å². The molecule has 3 aromatic heterocycles. The topological polar surface area (TPSA) is 112 Å². The van der Waals surface area contributed by atoms with Gasteiger partial charge in [0.2, 0.25) is 5.82 Å². The van der Waals surface area contributed by atoms with Gasteiger partial charge >= 0.3 is 5.97 Å². The lowest BCUT2D eigenvalue weighted by Gasteiger charge is -2.34. The SMILES string of the molecule is O=C(OCc1nc(-c2cccnc2)no1)[C@@H]1Cc2ccccc2CN1C(=O)c1ccco1. The van der Waals surface area contributed by atoms with Crippen molar-refractivity contribution in [2.24, 2.45) is 0 Å². The third-order valence-corrected chi connectivity index (χ3v) is 5.24. The Hall–Kier alpha value is -4.27. The fraction of sp³-hybridized carbons (Fsp3) is 0.174. The van der Waals surface area contributed by atoms with E-state index < -0.39 is 12.0 Å². The molecule has 9 heteroatoms. The quantitative estimate of drug-likeness (QED) is 0.444. The Morgan fingerprint density at radius 2 is 1.97 bits per heavy atom. The lowest BCUT2D eigenvalue weighted by molar-refractivity contribution is -0.151. The predicted molar refractivity (Wildman–Crippen MR) is 110 cm³/mol. The number of carbonyl (C=O) groups is 2. The molecule has 9 nitrogen and oxygen atoms in total. The van der Waals surface area contributed by atoms with Crippen LogP contribution in [0.3, 0.4) is 0 Å². The third kappa shape index (κ3) is 3.87. The van der Waals surface area contributed by atoms with Gasteiger partial charge in [0.15, 0.2) is 12.4 Å². The average Bonchev–Trinajstić information content (AvgIpc) is 3.54. The molecule has 0 saturated heterocycles. The number of rotatable bonds is 5. The highest BCUT2D eigenvalue weighted by Crippen LogP contribution is 2.26. The third-order valence-electron chi connectivity index (χ3n) is 5.24. The molecule has 5 rings (SSSR count). The maximum atomic E-state index is 13.0. The minimum absolute atomic E-state index is 0.150. The smallest absolute Gasteiger partial charge is 0.329 e. The predicted octanol–water partition coefficient (Wildman–Crippen LogP) is 3.04. The standard InChI is InChI=1S/C23H18N4O5/c28-22(19-8-4-10-30-19)27-13-17-6-2-1-5-15(17)11-18(27)23(29)31-14-20-25-21(26-32-20)16-7-3-9-24-12-16/h1-10,12,18H,11,13-14H2/t18-/m0/s1. The molecule has 0 spiro atoms. The Kier molecular flexibility index (Phi) is 5.20. The number of aromatic nitrogens is 3. The molecule has 1 aliphatic heterocycles. The number of pyridine rings is 1. The van der Waals surface area contributed by atoms with Crippen molar-refractivity contribution >= 4 is 11.9 Å². The van der Waals surface area contributed by atoms with E-state index in [1.165, 1.54) is 11.2 Å². The molecule has 32 heavy (non-hydrogen) atoms. The first-order chi connectivity index (χ1) is 15.7. The molecule has 0 bridgehead atoms. The number of carbonyl (C=O) groups excluding carboxylic acids is 2. The summed E-state index contributed by atoms with van der Waals surface area (Å²) in [4.78, 5) is 35.7. The molecule has 0 fully saturated rings. The molecular formula is C23H18N4O5. The van der Waals surface area contributed by atoms with Gasteiger partial charge in [-0.2, -0.15) is 4.98 Å². The molecule has 160 valence electrons. The zero-order valence-electron chi connectivity index (χ0n) is 16.9. The van der Waals surface area contributed by atoms with Crippen molar-refractivity contribution in [3.05, 3.63) is 90.0 Å². The summed E-state index contributed by atoms with van der Waals surface area (Å²) in [5.74, 6) is -0.258. The van der Waals surface area contributed by atoms with Crippen LogP contribution in [0.2, 0.25) is 0 Å². The van der Waals surface area contributed by atoms with E-state index in [1.54, 1.807) is 36.7 Å². The monoisotopic (exact) mass is 430 g/mol. The summed E-state index contributed by atoms with van der Waals surface area (Å²) in [6, 6.07) is 13.7. The summed E-state index contributed by atoms with van der Waals surface area (Å²) in [7, 11) is 0. The highest BCUT2D eigenvalue weighted by atomic mass is 16.6. The summed E-state index contributed by atoms with van der Waals surface area (Å²) in [5.41, 5.74) is 2.66. The second kappa shape index (κ2) is 8.46. The van der Waals surface area contributed by atoms with Crippen LogP contribution in [0.25, 0.3) is 11.4 Å². The summed E-state index contributed by atoms with van der Waals surface area (Å²) in [5, 5.41) is 3.89. The van der Waals surface area contributed by atoms with E-state index in [-0.39, 0.29) is 30.7 Å². The van der Waals surface area contributed by atoms with Crippen LogP contribution in [0.1, 0.15) is 27.6 Å². The Morgan fingerprint density at radius 3 is 2.75 bits per heavy atom. The van der Waals surface area contributed by atoms with Gasteiger partial charge < -0.3 is 18.6 Å². The molecule has 0 unspecified atom stereocenters. The number of hydrogen-bond donors (Lipinski definition) is 0. The Balaban J connectivity index is 1.33. The van der Waals surface area contributed by atoms with Crippen LogP contribution < -0.4 is 0 Å². The molecule has 0 saturated carbocycles. The fourth-order valence-electron chi connectivity index (χ4n) is 3.64. The first-order valence-electron chi connectivity index (χ1n) is 10.00. The number of hydrogen-bond acceptors (Lipinski definition) is 8. The van der Waals surface area contributed by atoms with E-state index in [0.717, 1.165) is 11.1 Å². The van der Waals surface area contributed by atoms with E-state index in [9.17, 15) is 9.59 Å². The maximum Gasteiger partial charge on any atom is 0.329 e. The van der Waals surface area contributed by atoms with Crippen molar-refractivity contribution in [2.75, 3.05) is 0 Å². The molecule has 4 aromatic rings. The largest absolute Gasteiger partial charge is 0.459 e. The van der Waals surface area contributed by atoms with E-state index in [1.807, 2.05) is 24.3 Å². The number of furan rings is 1. The Morgan fingerprint density at radius 1 is 1.09 bits per heavy atom. The van der Waals surface area contributed by atoms with Crippen LogP contribution in [0.5, 0.6) is 0 Å². The lowest BCUT2D eigenvalue weighted by atomic mass is 9.93. The van der Waals surface area contributed by atoms with Gasteiger partial charge in [0, 0.05) is 30.9 Å². The number of amides is 1. The van der Waals surface area contributed by atoms with Crippen LogP contribution in [0.4, 0.5) is 0 Å². The van der Waals surface area contributed by atoms with E-state index in [0.29, 0.717) is 17.8 Å². The first kappa shape index (κ1) is 19.7. The number of fused-ring (bicyclic) bond motifs is 1. The number of ether oxygens (including phenoxy) is 1. The van der Waals surface area contributed by atoms with Crippen LogP contribution >= 0.6 is 0 Å². The van der Waals surface area contributed by atoms with Gasteiger partial charge in [-0.1, -0.05) is 29.4 Å². The molecule has 0 N–H and O–H groups in total. The lowest BCUT2D eigenvalue weighted by Crippen LogP contribution is -2.49. The van der Waals surface area contributed by atoms with Crippen LogP contribution in [-0.2, 0) is 29.1 Å². The van der Waals surface area contributed by atoms with Crippen molar-refractivity contribution in [1.82, 2.24) is 20.0 Å². The highest BCUT2D eigenvalue weighted by molar-refractivity contribution is 5.95. The second-order valence-corrected chi connectivity index (χ2v) is 7.26. The molecule has 1 atom stereocenters. The minimum atomic E-state index is -0.803. The number of benzene rings is 1. The van der Waals surface area contributed by atoms with Gasteiger partial charge in [-0.15, -0.1) is 0 Å².